The molecule has 11 heteroatoms. The number of ketones is 1. The monoisotopic (exact) mass is 446 g/mol. The fourth-order valence-electron chi connectivity index (χ4n) is 2.63. The van der Waals surface area contributed by atoms with Crippen LogP contribution in [0.5, 0.6) is 0 Å². The Morgan fingerprint density at radius 2 is 1.77 bits per heavy atom. The molecule has 0 aromatic heterocycles. The van der Waals surface area contributed by atoms with Gasteiger partial charge in [-0.25, -0.2) is 0 Å². The van der Waals surface area contributed by atoms with Gasteiger partial charge in [-0.3, -0.25) is 24.0 Å². The lowest BCUT2D eigenvalue weighted by molar-refractivity contribution is -0.253. The molecule has 1 aliphatic heterocycles. The van der Waals surface area contributed by atoms with E-state index in [1.807, 2.05) is 13.8 Å². The summed E-state index contributed by atoms with van der Waals surface area (Å²) in [6, 6.07) is 0. The number of carbonyl (C=O) groups is 5. The average molecular weight is 447 g/mol. The lowest BCUT2D eigenvalue weighted by Gasteiger charge is -2.40. The first-order chi connectivity index (χ1) is 14.0. The van der Waals surface area contributed by atoms with E-state index in [1.165, 1.54) is 6.92 Å². The highest BCUT2D eigenvalue weighted by Crippen LogP contribution is 2.31. The summed E-state index contributed by atoms with van der Waals surface area (Å²) < 4.78 is 11.1. The van der Waals surface area contributed by atoms with Gasteiger partial charge in [-0.15, -0.1) is 0 Å². The van der Waals surface area contributed by atoms with E-state index in [4.69, 9.17) is 14.6 Å². The van der Waals surface area contributed by atoms with Gasteiger partial charge in [-0.05, 0) is 6.92 Å². The molecule has 0 aliphatic carbocycles. The number of nitrogens with one attached hydrogen (secondary N) is 2. The molecule has 10 nitrogen and oxygen atoms in total. The highest BCUT2D eigenvalue weighted by Gasteiger charge is 2.42. The zero-order chi connectivity index (χ0) is 22.7. The molecule has 0 saturated carbocycles. The van der Waals surface area contributed by atoms with Gasteiger partial charge in [-0.2, -0.15) is 0 Å². The topological polar surface area (TPSA) is 148 Å². The van der Waals surface area contributed by atoms with E-state index in [0.717, 1.165) is 11.8 Å². The summed E-state index contributed by atoms with van der Waals surface area (Å²) in [5.74, 6) is -1.43. The van der Waals surface area contributed by atoms with Crippen molar-refractivity contribution in [3.8, 4) is 0 Å². The maximum absolute atomic E-state index is 12.5. The Labute approximate surface area is 179 Å². The van der Waals surface area contributed by atoms with Crippen molar-refractivity contribution >= 4 is 40.4 Å². The standard InChI is InChI=1S/C19H30N2O8S/c1-12(22)10-16-28-11-19(2,3)17(29-16)18(27)21-7-6-13(23)20-8-9-30-15(26)5-4-14(24)25/h16-17H,4-11H2,1-3H3,(H,20,23)(H,21,27)(H,24,25)/t16?,17-/m0/s1. The number of carboxylic acids is 1. The fourth-order valence-corrected chi connectivity index (χ4v) is 3.31. The molecule has 0 bridgehead atoms. The van der Waals surface area contributed by atoms with Gasteiger partial charge in [0.05, 0.1) is 19.4 Å². The van der Waals surface area contributed by atoms with Crippen molar-refractivity contribution in [1.82, 2.24) is 10.6 Å². The molecule has 2 amide bonds. The molecule has 1 aliphatic rings. The number of amides is 2. The Morgan fingerprint density at radius 3 is 2.40 bits per heavy atom. The summed E-state index contributed by atoms with van der Waals surface area (Å²) in [6.45, 7) is 5.71. The van der Waals surface area contributed by atoms with E-state index in [-0.39, 0.29) is 68.1 Å². The average Bonchev–Trinajstić information content (AvgIpc) is 2.64. The Kier molecular flexibility index (Phi) is 11.0. The Hall–Kier alpha value is -1.98. The van der Waals surface area contributed by atoms with Crippen molar-refractivity contribution in [2.75, 3.05) is 25.4 Å². The molecule has 1 unspecified atom stereocenters. The first-order valence-corrected chi connectivity index (χ1v) is 10.7. The maximum Gasteiger partial charge on any atom is 0.303 e. The molecule has 0 spiro atoms. The predicted octanol–water partition coefficient (Wildman–Crippen LogP) is 0.480. The van der Waals surface area contributed by atoms with Gasteiger partial charge in [-0.1, -0.05) is 25.6 Å². The number of hydrogen-bond donors (Lipinski definition) is 3. The van der Waals surface area contributed by atoms with E-state index in [2.05, 4.69) is 10.6 Å². The van der Waals surface area contributed by atoms with E-state index < -0.39 is 23.8 Å². The van der Waals surface area contributed by atoms with Crippen molar-refractivity contribution in [2.24, 2.45) is 5.41 Å². The second-order valence-corrected chi connectivity index (χ2v) is 8.81. The highest BCUT2D eigenvalue weighted by molar-refractivity contribution is 8.13. The summed E-state index contributed by atoms with van der Waals surface area (Å²) >= 11 is 0.973. The zero-order valence-corrected chi connectivity index (χ0v) is 18.3. The second kappa shape index (κ2) is 12.7. The number of hydrogen-bond acceptors (Lipinski definition) is 8. The normalized spacial score (nSPS) is 20.2. The number of Topliss-reactive ketones (excluding diaryl/α,β-unsaturated/α-hetero) is 1. The SMILES string of the molecule is CC(=O)CC1OCC(C)(C)[C@H](C(=O)NCCC(=O)NCCSC(=O)CCC(=O)O)O1. The Balaban J connectivity index is 2.27. The van der Waals surface area contributed by atoms with Gasteiger partial charge < -0.3 is 25.2 Å². The number of ether oxygens (including phenoxy) is 2. The molecular weight excluding hydrogens is 416 g/mol. The number of rotatable bonds is 12. The number of carboxylic acid groups (broad SMARTS) is 1. The van der Waals surface area contributed by atoms with E-state index >= 15 is 0 Å². The van der Waals surface area contributed by atoms with Gasteiger partial charge in [0.25, 0.3) is 0 Å². The summed E-state index contributed by atoms with van der Waals surface area (Å²) in [4.78, 5) is 57.4. The third kappa shape index (κ3) is 10.2. The molecule has 1 fully saturated rings. The summed E-state index contributed by atoms with van der Waals surface area (Å²) in [5, 5.41) is 13.6. The fraction of sp³-hybridized carbons (Fsp3) is 0.737. The van der Waals surface area contributed by atoms with Crippen LogP contribution >= 0.6 is 11.8 Å². The molecule has 1 saturated heterocycles. The zero-order valence-electron chi connectivity index (χ0n) is 17.5. The molecule has 1 heterocycles. The van der Waals surface area contributed by atoms with Gasteiger partial charge >= 0.3 is 5.97 Å². The molecule has 0 aromatic rings. The van der Waals surface area contributed by atoms with Crippen molar-refractivity contribution in [1.29, 1.82) is 0 Å². The minimum atomic E-state index is -1.02. The van der Waals surface area contributed by atoms with Crippen LogP contribution in [0.15, 0.2) is 0 Å². The van der Waals surface area contributed by atoms with Crippen LogP contribution in [0.25, 0.3) is 0 Å². The lowest BCUT2D eigenvalue weighted by Crippen LogP contribution is -2.54. The van der Waals surface area contributed by atoms with Crippen LogP contribution in [0.1, 0.15) is 46.5 Å². The summed E-state index contributed by atoms with van der Waals surface area (Å²) in [7, 11) is 0. The third-order valence-corrected chi connectivity index (χ3v) is 5.15. The van der Waals surface area contributed by atoms with Crippen LogP contribution < -0.4 is 10.6 Å². The molecule has 0 aromatic carbocycles. The smallest absolute Gasteiger partial charge is 0.303 e. The number of aliphatic carboxylic acids is 1. The van der Waals surface area contributed by atoms with Gasteiger partial charge in [0, 0.05) is 37.1 Å². The molecule has 1 rings (SSSR count). The van der Waals surface area contributed by atoms with Gasteiger partial charge in [0.1, 0.15) is 11.9 Å². The minimum Gasteiger partial charge on any atom is -0.481 e. The number of carbonyl (C=O) groups excluding carboxylic acids is 4. The van der Waals surface area contributed by atoms with Crippen LogP contribution in [0, 0.1) is 5.41 Å². The first-order valence-electron chi connectivity index (χ1n) is 9.69. The Bertz CT molecular complexity index is 652. The first kappa shape index (κ1) is 26.1. The molecule has 3 N–H and O–H groups in total. The quantitative estimate of drug-likeness (QED) is 0.364. The predicted molar refractivity (Wildman–Crippen MR) is 109 cm³/mol. The van der Waals surface area contributed by atoms with E-state index in [9.17, 15) is 24.0 Å². The highest BCUT2D eigenvalue weighted by atomic mass is 32.2. The van der Waals surface area contributed by atoms with Crippen LogP contribution in [-0.2, 0) is 33.4 Å². The van der Waals surface area contributed by atoms with Gasteiger partial charge in [0.15, 0.2) is 11.4 Å². The van der Waals surface area contributed by atoms with Crippen LogP contribution in [0.4, 0.5) is 0 Å². The second-order valence-electron chi connectivity index (χ2n) is 7.66. The largest absolute Gasteiger partial charge is 0.481 e. The number of thioether (sulfide) groups is 1. The Morgan fingerprint density at radius 1 is 1.07 bits per heavy atom. The van der Waals surface area contributed by atoms with Crippen molar-refractivity contribution in [3.05, 3.63) is 0 Å². The van der Waals surface area contributed by atoms with E-state index in [1.54, 1.807) is 0 Å². The van der Waals surface area contributed by atoms with Crippen LogP contribution in [-0.4, -0.2) is 71.6 Å². The summed E-state index contributed by atoms with van der Waals surface area (Å²) in [5.41, 5.74) is -0.579. The van der Waals surface area contributed by atoms with Gasteiger partial charge in [0.2, 0.25) is 11.8 Å². The molecule has 170 valence electrons. The molecule has 0 radical (unpaired) electrons. The van der Waals surface area contributed by atoms with E-state index in [0.29, 0.717) is 5.75 Å². The lowest BCUT2D eigenvalue weighted by atomic mass is 9.85. The van der Waals surface area contributed by atoms with Crippen molar-refractivity contribution < 1.29 is 38.6 Å². The maximum atomic E-state index is 12.5. The van der Waals surface area contributed by atoms with Crippen LogP contribution in [0.3, 0.4) is 0 Å². The van der Waals surface area contributed by atoms with Crippen LogP contribution in [0.2, 0.25) is 0 Å². The molecular formula is C19H30N2O8S. The minimum absolute atomic E-state index is 0.0438. The van der Waals surface area contributed by atoms with Crippen molar-refractivity contribution in [2.45, 2.75) is 58.8 Å². The third-order valence-electron chi connectivity index (χ3n) is 4.21. The molecule has 30 heavy (non-hydrogen) atoms. The van der Waals surface area contributed by atoms with Crippen molar-refractivity contribution in [3.63, 3.8) is 0 Å². The summed E-state index contributed by atoms with van der Waals surface area (Å²) in [6.07, 6.45) is -1.68. The molecule has 2 atom stereocenters.